The number of pyridine rings is 1. The second-order valence-corrected chi connectivity index (χ2v) is 8.36. The zero-order valence-corrected chi connectivity index (χ0v) is 17.7. The van der Waals surface area contributed by atoms with E-state index in [1.165, 1.54) is 0 Å². The number of hydrogen-bond acceptors (Lipinski definition) is 4. The number of amides is 1. The van der Waals surface area contributed by atoms with Crippen molar-refractivity contribution in [3.8, 4) is 5.75 Å². The molecular formula is C22H25ClN4O2. The van der Waals surface area contributed by atoms with Gasteiger partial charge in [-0.25, -0.2) is 4.98 Å². The van der Waals surface area contributed by atoms with E-state index < -0.39 is 0 Å². The van der Waals surface area contributed by atoms with E-state index in [0.717, 1.165) is 29.8 Å². The van der Waals surface area contributed by atoms with Crippen LogP contribution in [0, 0.1) is 5.92 Å². The molecule has 1 amide bonds. The highest BCUT2D eigenvalue weighted by Gasteiger charge is 2.32. The summed E-state index contributed by atoms with van der Waals surface area (Å²) in [6, 6.07) is 7.09. The lowest BCUT2D eigenvalue weighted by atomic mass is 10.1. The molecule has 0 bridgehead atoms. The predicted octanol–water partition coefficient (Wildman–Crippen LogP) is 4.38. The molecule has 1 fully saturated rings. The third-order valence-electron chi connectivity index (χ3n) is 5.36. The number of likely N-dealkylation sites (tertiary alicyclic amines) is 1. The van der Waals surface area contributed by atoms with Crippen molar-refractivity contribution >= 4 is 28.5 Å². The van der Waals surface area contributed by atoms with Crippen LogP contribution in [0.1, 0.15) is 42.4 Å². The number of imidazole rings is 1. The molecule has 1 aliphatic rings. The minimum absolute atomic E-state index is 0.0555. The van der Waals surface area contributed by atoms with Crippen LogP contribution >= 0.6 is 11.6 Å². The fourth-order valence-electron chi connectivity index (χ4n) is 4.03. The summed E-state index contributed by atoms with van der Waals surface area (Å²) in [7, 11) is 1.56. The molecule has 2 aromatic heterocycles. The van der Waals surface area contributed by atoms with Crippen LogP contribution in [0.4, 0.5) is 0 Å². The standard InChI is InChI=1S/C22H25ClN4O2/c1-14(2)12-27-19-11-24-8-6-18(19)25-21(27)15-7-9-26(13-15)22(28)17-10-16(23)4-5-20(17)29-3/h4-6,8,10-11,14-15H,7,9,12-13H2,1-3H3/t15-/m0/s1. The number of hydrogen-bond donors (Lipinski definition) is 0. The minimum Gasteiger partial charge on any atom is -0.496 e. The Morgan fingerprint density at radius 1 is 1.34 bits per heavy atom. The van der Waals surface area contributed by atoms with Gasteiger partial charge in [-0.2, -0.15) is 0 Å². The zero-order chi connectivity index (χ0) is 20.5. The Bertz CT molecular complexity index is 1050. The molecule has 1 aromatic carbocycles. The van der Waals surface area contributed by atoms with Crippen LogP contribution in [-0.2, 0) is 6.54 Å². The van der Waals surface area contributed by atoms with Gasteiger partial charge in [-0.1, -0.05) is 25.4 Å². The van der Waals surface area contributed by atoms with Gasteiger partial charge in [-0.05, 0) is 36.6 Å². The maximum Gasteiger partial charge on any atom is 0.257 e. The summed E-state index contributed by atoms with van der Waals surface area (Å²) in [4.78, 5) is 24.2. The zero-order valence-electron chi connectivity index (χ0n) is 16.9. The van der Waals surface area contributed by atoms with E-state index in [9.17, 15) is 4.79 Å². The molecule has 3 aromatic rings. The molecule has 7 heteroatoms. The number of nitrogens with zero attached hydrogens (tertiary/aromatic N) is 4. The maximum atomic E-state index is 13.1. The van der Waals surface area contributed by atoms with E-state index in [1.807, 2.05) is 17.2 Å². The first kappa shape index (κ1) is 19.7. The Balaban J connectivity index is 1.62. The molecule has 0 spiro atoms. The highest BCUT2D eigenvalue weighted by molar-refractivity contribution is 6.31. The van der Waals surface area contributed by atoms with Crippen LogP contribution in [0.2, 0.25) is 5.02 Å². The lowest BCUT2D eigenvalue weighted by Crippen LogP contribution is -2.29. The van der Waals surface area contributed by atoms with Crippen LogP contribution in [0.3, 0.4) is 0 Å². The summed E-state index contributed by atoms with van der Waals surface area (Å²) in [5.41, 5.74) is 2.51. The molecule has 152 valence electrons. The monoisotopic (exact) mass is 412 g/mol. The first-order valence-corrected chi connectivity index (χ1v) is 10.3. The van der Waals surface area contributed by atoms with E-state index in [-0.39, 0.29) is 11.8 Å². The number of halogens is 1. The number of rotatable bonds is 5. The summed E-state index contributed by atoms with van der Waals surface area (Å²) < 4.78 is 7.64. The number of aromatic nitrogens is 3. The molecule has 0 N–H and O–H groups in total. The van der Waals surface area contributed by atoms with Gasteiger partial charge in [-0.3, -0.25) is 9.78 Å². The van der Waals surface area contributed by atoms with Crippen molar-refractivity contribution in [1.82, 2.24) is 19.4 Å². The summed E-state index contributed by atoms with van der Waals surface area (Å²) in [5.74, 6) is 2.20. The van der Waals surface area contributed by atoms with Crippen LogP contribution in [0.15, 0.2) is 36.7 Å². The molecule has 29 heavy (non-hydrogen) atoms. The molecule has 0 radical (unpaired) electrons. The maximum absolute atomic E-state index is 13.1. The lowest BCUT2D eigenvalue weighted by molar-refractivity contribution is 0.0787. The summed E-state index contributed by atoms with van der Waals surface area (Å²) in [6.07, 6.45) is 4.53. The number of carbonyl (C=O) groups excluding carboxylic acids is 1. The fourth-order valence-corrected chi connectivity index (χ4v) is 4.20. The topological polar surface area (TPSA) is 60.2 Å². The average Bonchev–Trinajstić information content (AvgIpc) is 3.32. The quantitative estimate of drug-likeness (QED) is 0.624. The largest absolute Gasteiger partial charge is 0.496 e. The Hall–Kier alpha value is -2.60. The molecule has 1 aliphatic heterocycles. The van der Waals surface area contributed by atoms with Gasteiger partial charge in [0.25, 0.3) is 5.91 Å². The lowest BCUT2D eigenvalue weighted by Gasteiger charge is -2.19. The summed E-state index contributed by atoms with van der Waals surface area (Å²) in [5, 5.41) is 0.524. The highest BCUT2D eigenvalue weighted by atomic mass is 35.5. The van der Waals surface area contributed by atoms with E-state index in [1.54, 1.807) is 31.5 Å². The van der Waals surface area contributed by atoms with Gasteiger partial charge in [0.15, 0.2) is 0 Å². The first-order valence-electron chi connectivity index (χ1n) is 9.91. The SMILES string of the molecule is COc1ccc(Cl)cc1C(=O)N1CC[C@H](c2nc3ccncc3n2CC(C)C)C1. The van der Waals surface area contributed by atoms with Crippen LogP contribution in [-0.4, -0.2) is 45.5 Å². The van der Waals surface area contributed by atoms with Gasteiger partial charge >= 0.3 is 0 Å². The van der Waals surface area contributed by atoms with Crippen molar-refractivity contribution in [2.45, 2.75) is 32.7 Å². The molecule has 3 heterocycles. The predicted molar refractivity (Wildman–Crippen MR) is 114 cm³/mol. The Morgan fingerprint density at radius 3 is 2.93 bits per heavy atom. The van der Waals surface area contributed by atoms with Crippen LogP contribution in [0.5, 0.6) is 5.75 Å². The molecule has 0 aliphatic carbocycles. The van der Waals surface area contributed by atoms with Crippen molar-refractivity contribution in [2.75, 3.05) is 20.2 Å². The summed E-state index contributed by atoms with van der Waals surface area (Å²) >= 11 is 6.12. The number of ether oxygens (including phenoxy) is 1. The number of methoxy groups -OCH3 is 1. The third-order valence-corrected chi connectivity index (χ3v) is 5.60. The smallest absolute Gasteiger partial charge is 0.257 e. The third kappa shape index (κ3) is 3.81. The molecular weight excluding hydrogens is 388 g/mol. The van der Waals surface area contributed by atoms with Gasteiger partial charge in [-0.15, -0.1) is 0 Å². The van der Waals surface area contributed by atoms with Crippen molar-refractivity contribution in [1.29, 1.82) is 0 Å². The van der Waals surface area contributed by atoms with Crippen molar-refractivity contribution in [3.05, 3.63) is 53.1 Å². The number of carbonyl (C=O) groups is 1. The average molecular weight is 413 g/mol. The number of fused-ring (bicyclic) bond motifs is 1. The van der Waals surface area contributed by atoms with Crippen molar-refractivity contribution < 1.29 is 9.53 Å². The second-order valence-electron chi connectivity index (χ2n) is 7.92. The van der Waals surface area contributed by atoms with Gasteiger partial charge in [0, 0.05) is 36.8 Å². The Morgan fingerprint density at radius 2 is 2.17 bits per heavy atom. The number of benzene rings is 1. The second kappa shape index (κ2) is 8.03. The van der Waals surface area contributed by atoms with Gasteiger partial charge in [0.1, 0.15) is 11.6 Å². The normalized spacial score (nSPS) is 16.7. The fraction of sp³-hybridized carbons (Fsp3) is 0.409. The van der Waals surface area contributed by atoms with Crippen LogP contribution < -0.4 is 4.74 Å². The van der Waals surface area contributed by atoms with Gasteiger partial charge < -0.3 is 14.2 Å². The van der Waals surface area contributed by atoms with E-state index in [2.05, 4.69) is 23.4 Å². The Kier molecular flexibility index (Phi) is 5.46. The van der Waals surface area contributed by atoms with Gasteiger partial charge in [0.2, 0.25) is 0 Å². The van der Waals surface area contributed by atoms with Crippen molar-refractivity contribution in [3.63, 3.8) is 0 Å². The molecule has 0 unspecified atom stereocenters. The van der Waals surface area contributed by atoms with Crippen LogP contribution in [0.25, 0.3) is 11.0 Å². The molecule has 1 saturated heterocycles. The molecule has 4 rings (SSSR count). The van der Waals surface area contributed by atoms with Crippen molar-refractivity contribution in [2.24, 2.45) is 5.92 Å². The van der Waals surface area contributed by atoms with E-state index >= 15 is 0 Å². The molecule has 0 saturated carbocycles. The van der Waals surface area contributed by atoms with E-state index in [0.29, 0.717) is 35.3 Å². The van der Waals surface area contributed by atoms with Gasteiger partial charge in [0.05, 0.1) is 29.9 Å². The first-order chi connectivity index (χ1) is 14.0. The minimum atomic E-state index is -0.0555. The Labute approximate surface area is 175 Å². The van der Waals surface area contributed by atoms with E-state index in [4.69, 9.17) is 21.3 Å². The summed E-state index contributed by atoms with van der Waals surface area (Å²) in [6.45, 7) is 6.58. The molecule has 1 atom stereocenters. The highest BCUT2D eigenvalue weighted by Crippen LogP contribution is 2.32. The molecule has 6 nitrogen and oxygen atoms in total.